The van der Waals surface area contributed by atoms with Gasteiger partial charge in [-0.15, -0.1) is 0 Å². The number of rotatable bonds is 0. The van der Waals surface area contributed by atoms with Crippen LogP contribution in [0, 0.1) is 13.8 Å². The van der Waals surface area contributed by atoms with Crippen molar-refractivity contribution in [3.63, 3.8) is 0 Å². The molecule has 78 valence electrons. The normalized spacial score (nSPS) is 12.9. The zero-order valence-electron chi connectivity index (χ0n) is 9.35. The third-order valence-corrected chi connectivity index (χ3v) is 2.19. The summed E-state index contributed by atoms with van der Waals surface area (Å²) in [5.74, 6) is 0. The SMILES string of the molecule is C1=CCC=NC=C1.Cc1ccccc1C. The summed E-state index contributed by atoms with van der Waals surface area (Å²) in [7, 11) is 0. The molecule has 0 saturated carbocycles. The smallest absolute Gasteiger partial charge is 0.0263 e. The molecule has 1 nitrogen and oxygen atoms in total. The highest BCUT2D eigenvalue weighted by molar-refractivity contribution is 5.61. The van der Waals surface area contributed by atoms with E-state index in [-0.39, 0.29) is 0 Å². The van der Waals surface area contributed by atoms with E-state index in [1.165, 1.54) is 11.1 Å². The number of aliphatic imine (C=N–C) groups is 1. The topological polar surface area (TPSA) is 12.4 Å². The van der Waals surface area contributed by atoms with Gasteiger partial charge in [-0.25, -0.2) is 0 Å². The molecule has 0 radical (unpaired) electrons. The second kappa shape index (κ2) is 6.77. The third-order valence-electron chi connectivity index (χ3n) is 2.19. The number of hydrogen-bond acceptors (Lipinski definition) is 1. The van der Waals surface area contributed by atoms with Gasteiger partial charge in [0.1, 0.15) is 0 Å². The van der Waals surface area contributed by atoms with Gasteiger partial charge in [0.25, 0.3) is 0 Å². The van der Waals surface area contributed by atoms with E-state index in [4.69, 9.17) is 0 Å². The van der Waals surface area contributed by atoms with Gasteiger partial charge in [-0.2, -0.15) is 0 Å². The molecule has 0 amide bonds. The van der Waals surface area contributed by atoms with E-state index in [2.05, 4.69) is 49.2 Å². The van der Waals surface area contributed by atoms with Crippen LogP contribution in [0.5, 0.6) is 0 Å². The lowest BCUT2D eigenvalue weighted by Crippen LogP contribution is -1.74. The van der Waals surface area contributed by atoms with E-state index >= 15 is 0 Å². The van der Waals surface area contributed by atoms with E-state index in [1.54, 1.807) is 6.20 Å². The Bertz CT molecular complexity index is 338. The summed E-state index contributed by atoms with van der Waals surface area (Å²) in [6, 6.07) is 8.36. The average molecular weight is 199 g/mol. The predicted octanol–water partition coefficient (Wildman–Crippen LogP) is 3.83. The summed E-state index contributed by atoms with van der Waals surface area (Å²) in [5.41, 5.74) is 2.74. The van der Waals surface area contributed by atoms with Crippen LogP contribution in [0.15, 0.2) is 53.7 Å². The van der Waals surface area contributed by atoms with Crippen molar-refractivity contribution in [2.45, 2.75) is 20.3 Å². The molecule has 0 aliphatic carbocycles. The molecule has 1 heteroatoms. The molecule has 0 fully saturated rings. The van der Waals surface area contributed by atoms with Crippen molar-refractivity contribution in [3.05, 3.63) is 59.8 Å². The van der Waals surface area contributed by atoms with Gasteiger partial charge in [0.05, 0.1) is 0 Å². The highest BCUT2D eigenvalue weighted by Crippen LogP contribution is 2.02. The summed E-state index contributed by atoms with van der Waals surface area (Å²) in [5, 5.41) is 0. The molecular formula is C14H17N. The van der Waals surface area contributed by atoms with E-state index < -0.39 is 0 Å². The summed E-state index contributed by atoms with van der Waals surface area (Å²) in [6.07, 6.45) is 10.6. The lowest BCUT2D eigenvalue weighted by atomic mass is 10.1. The quantitative estimate of drug-likeness (QED) is 0.602. The fraction of sp³-hybridized carbons (Fsp3) is 0.214. The zero-order chi connectivity index (χ0) is 10.9. The molecule has 1 aromatic carbocycles. The van der Waals surface area contributed by atoms with Crippen molar-refractivity contribution >= 4 is 6.21 Å². The lowest BCUT2D eigenvalue weighted by molar-refractivity contribution is 1.34. The molecule has 0 unspecified atom stereocenters. The van der Waals surface area contributed by atoms with Crippen LogP contribution in [0.4, 0.5) is 0 Å². The van der Waals surface area contributed by atoms with Crippen LogP contribution in [0.2, 0.25) is 0 Å². The Labute approximate surface area is 91.9 Å². The number of benzene rings is 1. The van der Waals surface area contributed by atoms with Crippen LogP contribution >= 0.6 is 0 Å². The predicted molar refractivity (Wildman–Crippen MR) is 67.3 cm³/mol. The van der Waals surface area contributed by atoms with Gasteiger partial charge in [0.15, 0.2) is 0 Å². The monoisotopic (exact) mass is 199 g/mol. The minimum absolute atomic E-state index is 0.965. The van der Waals surface area contributed by atoms with Crippen molar-refractivity contribution in [1.82, 2.24) is 0 Å². The van der Waals surface area contributed by atoms with Gasteiger partial charge < -0.3 is 0 Å². The first kappa shape index (κ1) is 11.4. The molecule has 2 rings (SSSR count). The van der Waals surface area contributed by atoms with E-state index in [1.807, 2.05) is 18.4 Å². The highest BCUT2D eigenvalue weighted by atomic mass is 14.7. The molecule has 0 spiro atoms. The molecule has 0 atom stereocenters. The molecule has 15 heavy (non-hydrogen) atoms. The summed E-state index contributed by atoms with van der Waals surface area (Å²) in [6.45, 7) is 4.24. The second-order valence-corrected chi connectivity index (χ2v) is 3.42. The third kappa shape index (κ3) is 4.96. The number of hydrogen-bond donors (Lipinski definition) is 0. The summed E-state index contributed by atoms with van der Waals surface area (Å²) < 4.78 is 0. The van der Waals surface area contributed by atoms with Crippen molar-refractivity contribution in [3.8, 4) is 0 Å². The molecule has 0 saturated heterocycles. The summed E-state index contributed by atoms with van der Waals surface area (Å²) >= 11 is 0. The zero-order valence-corrected chi connectivity index (χ0v) is 9.35. The minimum atomic E-state index is 0.965. The molecule has 1 aliphatic rings. The van der Waals surface area contributed by atoms with Gasteiger partial charge in [0.2, 0.25) is 0 Å². The Kier molecular flexibility index (Phi) is 5.16. The standard InChI is InChI=1S/C8H10.C6H7N/c1-7-5-3-4-6-8(7)2;1-2-4-6-7-5-3-1/h3-6H,1-2H3;1-3,5-6H,4H2. The fourth-order valence-corrected chi connectivity index (χ4v) is 1.10. The van der Waals surface area contributed by atoms with Crippen LogP contribution in [0.1, 0.15) is 17.5 Å². The number of aryl methyl sites for hydroxylation is 2. The molecule has 0 bridgehead atoms. The summed E-state index contributed by atoms with van der Waals surface area (Å²) in [4.78, 5) is 3.90. The fourth-order valence-electron chi connectivity index (χ4n) is 1.10. The van der Waals surface area contributed by atoms with E-state index in [0.717, 1.165) is 6.42 Å². The second-order valence-electron chi connectivity index (χ2n) is 3.42. The van der Waals surface area contributed by atoms with Crippen LogP contribution in [-0.2, 0) is 0 Å². The lowest BCUT2D eigenvalue weighted by Gasteiger charge is -1.93. The average Bonchev–Trinajstić information content (AvgIpc) is 2.55. The van der Waals surface area contributed by atoms with Crippen LogP contribution in [0.3, 0.4) is 0 Å². The first-order valence-corrected chi connectivity index (χ1v) is 5.16. The maximum absolute atomic E-state index is 3.90. The van der Waals surface area contributed by atoms with Gasteiger partial charge >= 0.3 is 0 Å². The van der Waals surface area contributed by atoms with Crippen molar-refractivity contribution in [1.29, 1.82) is 0 Å². The van der Waals surface area contributed by atoms with Crippen molar-refractivity contribution < 1.29 is 0 Å². The molecular weight excluding hydrogens is 182 g/mol. The van der Waals surface area contributed by atoms with Crippen molar-refractivity contribution in [2.24, 2.45) is 4.99 Å². The molecule has 1 heterocycles. The Hall–Kier alpha value is -1.63. The van der Waals surface area contributed by atoms with Gasteiger partial charge in [-0.1, -0.05) is 36.4 Å². The Balaban J connectivity index is 0.000000151. The first-order chi connectivity index (χ1) is 7.30. The molecule has 1 aromatic rings. The van der Waals surface area contributed by atoms with E-state index in [0.29, 0.717) is 0 Å². The van der Waals surface area contributed by atoms with Crippen molar-refractivity contribution in [2.75, 3.05) is 0 Å². The largest absolute Gasteiger partial charge is 0.269 e. The first-order valence-electron chi connectivity index (χ1n) is 5.16. The Morgan fingerprint density at radius 1 is 1.00 bits per heavy atom. The maximum Gasteiger partial charge on any atom is 0.0263 e. The Morgan fingerprint density at radius 2 is 1.67 bits per heavy atom. The highest BCUT2D eigenvalue weighted by Gasteiger charge is 1.83. The van der Waals surface area contributed by atoms with Gasteiger partial charge in [0, 0.05) is 18.8 Å². The van der Waals surface area contributed by atoms with Crippen LogP contribution < -0.4 is 0 Å². The molecule has 0 N–H and O–H groups in total. The number of nitrogens with zero attached hydrogens (tertiary/aromatic N) is 1. The minimum Gasteiger partial charge on any atom is -0.269 e. The molecule has 1 aliphatic heterocycles. The molecule has 0 aromatic heterocycles. The van der Waals surface area contributed by atoms with Gasteiger partial charge in [-0.05, 0) is 31.1 Å². The van der Waals surface area contributed by atoms with Crippen LogP contribution in [-0.4, -0.2) is 6.21 Å². The maximum atomic E-state index is 3.90. The van der Waals surface area contributed by atoms with Gasteiger partial charge in [-0.3, -0.25) is 4.99 Å². The Morgan fingerprint density at radius 3 is 2.27 bits per heavy atom. The number of allylic oxidation sites excluding steroid dienone is 3. The van der Waals surface area contributed by atoms with E-state index in [9.17, 15) is 0 Å². The van der Waals surface area contributed by atoms with Crippen LogP contribution in [0.25, 0.3) is 0 Å².